The molecule has 0 bridgehead atoms. The Morgan fingerprint density at radius 1 is 1.11 bits per heavy atom. The number of nitrogens with zero attached hydrogens (tertiary/aromatic N) is 4. The molecule has 0 saturated carbocycles. The number of halogens is 1. The third-order valence-corrected chi connectivity index (χ3v) is 5.49. The molecule has 142 valence electrons. The maximum absolute atomic E-state index is 12.9. The van der Waals surface area contributed by atoms with Crippen LogP contribution in [-0.4, -0.2) is 38.7 Å². The van der Waals surface area contributed by atoms with Crippen molar-refractivity contribution in [2.75, 3.05) is 13.1 Å². The maximum atomic E-state index is 12.9. The molecule has 6 heteroatoms. The minimum absolute atomic E-state index is 0. The van der Waals surface area contributed by atoms with E-state index in [-0.39, 0.29) is 24.2 Å². The highest BCUT2D eigenvalue weighted by atomic mass is 35.5. The number of benzene rings is 1. The Hall–Kier alpha value is -2.40. The summed E-state index contributed by atoms with van der Waals surface area (Å²) in [6, 6.07) is 14.1. The number of rotatable bonds is 3. The predicted molar refractivity (Wildman–Crippen MR) is 109 cm³/mol. The van der Waals surface area contributed by atoms with Crippen LogP contribution in [0.25, 0.3) is 11.0 Å². The fourth-order valence-electron chi connectivity index (χ4n) is 3.95. The largest absolute Gasteiger partial charge is 0.342 e. The van der Waals surface area contributed by atoms with Gasteiger partial charge in [0.05, 0.1) is 11.6 Å². The van der Waals surface area contributed by atoms with Gasteiger partial charge in [0.25, 0.3) is 0 Å². The fourth-order valence-corrected chi connectivity index (χ4v) is 3.95. The standard InChI is InChI=1S/C21H24N4O.ClH/c1-15(16-7-4-3-5-8-16)21(26)25-13-10-17(11-14-25)19-18-9-6-12-22-20(18)24(2)23-19;/h3-9,12,15,17H,10-11,13-14H2,1-2H3;1H. The number of hydrogen-bond acceptors (Lipinski definition) is 3. The van der Waals surface area contributed by atoms with Crippen molar-refractivity contribution < 1.29 is 4.79 Å². The highest BCUT2D eigenvalue weighted by Gasteiger charge is 2.29. The van der Waals surface area contributed by atoms with E-state index in [0.29, 0.717) is 5.92 Å². The number of likely N-dealkylation sites (tertiary alicyclic amines) is 1. The Kier molecular flexibility index (Phi) is 5.80. The van der Waals surface area contributed by atoms with Gasteiger partial charge in [-0.1, -0.05) is 30.3 Å². The van der Waals surface area contributed by atoms with Crippen LogP contribution in [0.4, 0.5) is 0 Å². The first-order valence-electron chi connectivity index (χ1n) is 9.26. The normalized spacial score (nSPS) is 16.1. The molecule has 2 aromatic heterocycles. The summed E-state index contributed by atoms with van der Waals surface area (Å²) in [5.74, 6) is 0.522. The lowest BCUT2D eigenvalue weighted by Gasteiger charge is -2.33. The highest BCUT2D eigenvalue weighted by Crippen LogP contribution is 2.32. The molecule has 0 N–H and O–H groups in total. The van der Waals surface area contributed by atoms with E-state index in [1.807, 2.05) is 60.0 Å². The van der Waals surface area contributed by atoms with Gasteiger partial charge in [-0.15, -0.1) is 12.4 Å². The average Bonchev–Trinajstić information content (AvgIpc) is 3.05. The quantitative estimate of drug-likeness (QED) is 0.688. The summed E-state index contributed by atoms with van der Waals surface area (Å²) >= 11 is 0. The van der Waals surface area contributed by atoms with E-state index < -0.39 is 0 Å². The van der Waals surface area contributed by atoms with Crippen LogP contribution in [-0.2, 0) is 11.8 Å². The van der Waals surface area contributed by atoms with Gasteiger partial charge in [-0.25, -0.2) is 4.98 Å². The van der Waals surface area contributed by atoms with Gasteiger partial charge in [-0.05, 0) is 37.5 Å². The third-order valence-electron chi connectivity index (χ3n) is 5.49. The van der Waals surface area contributed by atoms with Crippen molar-refractivity contribution >= 4 is 29.3 Å². The summed E-state index contributed by atoms with van der Waals surface area (Å²) in [5, 5.41) is 5.85. The van der Waals surface area contributed by atoms with Gasteiger partial charge >= 0.3 is 0 Å². The summed E-state index contributed by atoms with van der Waals surface area (Å²) < 4.78 is 1.86. The van der Waals surface area contributed by atoms with Crippen LogP contribution in [0.15, 0.2) is 48.7 Å². The molecule has 3 heterocycles. The van der Waals surface area contributed by atoms with Crippen molar-refractivity contribution in [1.82, 2.24) is 19.7 Å². The lowest BCUT2D eigenvalue weighted by molar-refractivity contribution is -0.133. The minimum Gasteiger partial charge on any atom is -0.342 e. The first-order valence-corrected chi connectivity index (χ1v) is 9.26. The number of fused-ring (bicyclic) bond motifs is 1. The molecule has 0 aliphatic carbocycles. The molecule has 0 spiro atoms. The second-order valence-corrected chi connectivity index (χ2v) is 7.12. The summed E-state index contributed by atoms with van der Waals surface area (Å²) in [7, 11) is 1.94. The van der Waals surface area contributed by atoms with E-state index in [1.165, 1.54) is 0 Å². The van der Waals surface area contributed by atoms with E-state index in [9.17, 15) is 4.79 Å². The zero-order valence-electron chi connectivity index (χ0n) is 15.7. The topological polar surface area (TPSA) is 51.0 Å². The first kappa shape index (κ1) is 19.4. The molecule has 5 nitrogen and oxygen atoms in total. The Labute approximate surface area is 165 Å². The lowest BCUT2D eigenvalue weighted by Crippen LogP contribution is -2.40. The zero-order valence-corrected chi connectivity index (χ0v) is 16.5. The summed E-state index contributed by atoms with van der Waals surface area (Å²) in [6.07, 6.45) is 3.71. The Balaban J connectivity index is 0.00000210. The second kappa shape index (κ2) is 8.09. The SMILES string of the molecule is CC(C(=O)N1CCC(c2nn(C)c3ncccc23)CC1)c1ccccc1.Cl. The molecule has 1 aliphatic rings. The van der Waals surface area contributed by atoms with Crippen LogP contribution in [0, 0.1) is 0 Å². The molecule has 27 heavy (non-hydrogen) atoms. The van der Waals surface area contributed by atoms with Crippen LogP contribution < -0.4 is 0 Å². The van der Waals surface area contributed by atoms with Crippen molar-refractivity contribution in [3.05, 3.63) is 59.9 Å². The number of carbonyl (C=O) groups is 1. The number of pyridine rings is 1. The van der Waals surface area contributed by atoms with Crippen LogP contribution in [0.3, 0.4) is 0 Å². The molecule has 1 fully saturated rings. The fraction of sp³-hybridized carbons (Fsp3) is 0.381. The number of carbonyl (C=O) groups excluding carboxylic acids is 1. The number of amides is 1. The van der Waals surface area contributed by atoms with E-state index in [4.69, 9.17) is 5.10 Å². The average molecular weight is 385 g/mol. The van der Waals surface area contributed by atoms with Crippen LogP contribution in [0.5, 0.6) is 0 Å². The molecule has 4 rings (SSSR count). The molecule has 1 unspecified atom stereocenters. The van der Waals surface area contributed by atoms with E-state index in [2.05, 4.69) is 11.1 Å². The van der Waals surface area contributed by atoms with E-state index in [0.717, 1.165) is 48.2 Å². The molecule has 1 saturated heterocycles. The van der Waals surface area contributed by atoms with Gasteiger partial charge in [0.1, 0.15) is 0 Å². The first-order chi connectivity index (χ1) is 12.6. The van der Waals surface area contributed by atoms with Crippen molar-refractivity contribution in [1.29, 1.82) is 0 Å². The molecule has 0 radical (unpaired) electrons. The van der Waals surface area contributed by atoms with Crippen molar-refractivity contribution in [2.24, 2.45) is 7.05 Å². The molecular weight excluding hydrogens is 360 g/mol. The lowest BCUT2D eigenvalue weighted by atomic mass is 9.90. The second-order valence-electron chi connectivity index (χ2n) is 7.12. The van der Waals surface area contributed by atoms with Gasteiger partial charge in [0.15, 0.2) is 5.65 Å². The molecular formula is C21H25ClN4O. The maximum Gasteiger partial charge on any atom is 0.229 e. The zero-order chi connectivity index (χ0) is 18.1. The summed E-state index contributed by atoms with van der Waals surface area (Å²) in [5.41, 5.74) is 3.14. The van der Waals surface area contributed by atoms with Gasteiger partial charge < -0.3 is 4.90 Å². The molecule has 1 aliphatic heterocycles. The Morgan fingerprint density at radius 3 is 2.52 bits per heavy atom. The van der Waals surface area contributed by atoms with Crippen LogP contribution in [0.2, 0.25) is 0 Å². The highest BCUT2D eigenvalue weighted by molar-refractivity contribution is 5.85. The smallest absolute Gasteiger partial charge is 0.229 e. The van der Waals surface area contributed by atoms with Crippen LogP contribution >= 0.6 is 12.4 Å². The number of piperidine rings is 1. The monoisotopic (exact) mass is 384 g/mol. The molecule has 3 aromatic rings. The minimum atomic E-state index is -0.0902. The number of aryl methyl sites for hydroxylation is 1. The Bertz CT molecular complexity index is 916. The van der Waals surface area contributed by atoms with Gasteiger partial charge in [-0.2, -0.15) is 5.10 Å². The van der Waals surface area contributed by atoms with Crippen molar-refractivity contribution in [2.45, 2.75) is 31.6 Å². The summed E-state index contributed by atoms with van der Waals surface area (Å²) in [4.78, 5) is 19.3. The van der Waals surface area contributed by atoms with Crippen LogP contribution in [0.1, 0.15) is 42.9 Å². The van der Waals surface area contributed by atoms with Gasteiger partial charge in [-0.3, -0.25) is 9.48 Å². The predicted octanol–water partition coefficient (Wildman–Crippen LogP) is 3.90. The van der Waals surface area contributed by atoms with Crippen molar-refractivity contribution in [3.8, 4) is 0 Å². The Morgan fingerprint density at radius 2 is 1.81 bits per heavy atom. The van der Waals surface area contributed by atoms with E-state index in [1.54, 1.807) is 6.20 Å². The van der Waals surface area contributed by atoms with Gasteiger partial charge in [0, 0.05) is 37.6 Å². The number of hydrogen-bond donors (Lipinski definition) is 0. The number of aromatic nitrogens is 3. The molecule has 1 aromatic carbocycles. The summed E-state index contributed by atoms with van der Waals surface area (Å²) in [6.45, 7) is 3.58. The molecule has 1 atom stereocenters. The third kappa shape index (κ3) is 3.69. The van der Waals surface area contributed by atoms with Gasteiger partial charge in [0.2, 0.25) is 5.91 Å². The van der Waals surface area contributed by atoms with Crippen molar-refractivity contribution in [3.63, 3.8) is 0 Å². The molecule has 1 amide bonds. The van der Waals surface area contributed by atoms with E-state index >= 15 is 0 Å².